The molecule has 0 N–H and O–H groups in total. The van der Waals surface area contributed by atoms with Crippen LogP contribution in [0.5, 0.6) is 0 Å². The van der Waals surface area contributed by atoms with Gasteiger partial charge in [-0.05, 0) is 33.3 Å². The molecule has 0 spiro atoms. The minimum absolute atomic E-state index is 0.162. The molecule has 30 heavy (non-hydrogen) atoms. The Kier molecular flexibility index (Phi) is 8.26. The average molecular weight is 418 g/mol. The molecule has 0 aromatic heterocycles. The quantitative estimate of drug-likeness (QED) is 0.414. The van der Waals surface area contributed by atoms with E-state index in [1.54, 1.807) is 33.8 Å². The Hall–Kier alpha value is -3.03. The van der Waals surface area contributed by atoms with Gasteiger partial charge in [-0.15, -0.1) is 0 Å². The van der Waals surface area contributed by atoms with Crippen LogP contribution in [0, 0.1) is 0 Å². The lowest BCUT2D eigenvalue weighted by molar-refractivity contribution is -0.137. The number of amides is 2. The zero-order chi connectivity index (χ0) is 22.1. The predicted octanol–water partition coefficient (Wildman–Crippen LogP) is 3.36. The molecule has 0 aliphatic carbocycles. The van der Waals surface area contributed by atoms with Crippen LogP contribution >= 0.6 is 0 Å². The van der Waals surface area contributed by atoms with Crippen LogP contribution in [0.2, 0.25) is 0 Å². The van der Waals surface area contributed by atoms with Gasteiger partial charge in [0, 0.05) is 25.7 Å². The third-order valence-electron chi connectivity index (χ3n) is 4.25. The van der Waals surface area contributed by atoms with Gasteiger partial charge in [-0.3, -0.25) is 4.90 Å². The van der Waals surface area contributed by atoms with Crippen LogP contribution < -0.4 is 0 Å². The number of carbonyl (C=O) groups excluding carboxylic acids is 3. The van der Waals surface area contributed by atoms with E-state index >= 15 is 0 Å². The Morgan fingerprint density at radius 1 is 1.07 bits per heavy atom. The molecule has 2 amide bonds. The maximum atomic E-state index is 12.6. The molecule has 1 atom stereocenters. The smallest absolute Gasteiger partial charge is 0.410 e. The van der Waals surface area contributed by atoms with Crippen molar-refractivity contribution in [2.45, 2.75) is 45.9 Å². The van der Waals surface area contributed by atoms with Gasteiger partial charge in [-0.25, -0.2) is 14.4 Å². The fourth-order valence-corrected chi connectivity index (χ4v) is 2.88. The fraction of sp³-hybridized carbons (Fsp3) is 0.500. The van der Waals surface area contributed by atoms with Crippen molar-refractivity contribution in [3.8, 4) is 0 Å². The zero-order valence-corrected chi connectivity index (χ0v) is 18.0. The summed E-state index contributed by atoms with van der Waals surface area (Å²) in [5, 5.41) is 0. The fourth-order valence-electron chi connectivity index (χ4n) is 2.88. The summed E-state index contributed by atoms with van der Waals surface area (Å²) in [6.45, 7) is 8.22. The highest BCUT2D eigenvalue weighted by atomic mass is 16.6. The van der Waals surface area contributed by atoms with E-state index in [1.807, 2.05) is 30.3 Å². The first-order valence-electron chi connectivity index (χ1n) is 10.00. The van der Waals surface area contributed by atoms with Gasteiger partial charge in [0.2, 0.25) is 0 Å². The number of nitrogens with zero attached hydrogens (tertiary/aromatic N) is 2. The van der Waals surface area contributed by atoms with Crippen molar-refractivity contribution in [3.05, 3.63) is 48.0 Å². The molecule has 1 saturated heterocycles. The molecule has 1 aromatic carbocycles. The largest absolute Gasteiger partial charge is 0.463 e. The van der Waals surface area contributed by atoms with E-state index in [9.17, 15) is 14.4 Å². The Balaban J connectivity index is 2.05. The second-order valence-electron chi connectivity index (χ2n) is 7.84. The zero-order valence-electron chi connectivity index (χ0n) is 18.0. The van der Waals surface area contributed by atoms with E-state index in [1.165, 1.54) is 15.9 Å². The molecular formula is C22H30N2O6. The van der Waals surface area contributed by atoms with Crippen LogP contribution in [0.25, 0.3) is 0 Å². The lowest BCUT2D eigenvalue weighted by Crippen LogP contribution is -2.56. The Bertz CT molecular complexity index is 757. The van der Waals surface area contributed by atoms with E-state index in [0.29, 0.717) is 6.54 Å². The van der Waals surface area contributed by atoms with Crippen LogP contribution in [-0.2, 0) is 25.6 Å². The summed E-state index contributed by atoms with van der Waals surface area (Å²) in [5.74, 6) is -0.509. The molecular weight excluding hydrogens is 388 g/mol. The predicted molar refractivity (Wildman–Crippen MR) is 111 cm³/mol. The number of hydrogen-bond acceptors (Lipinski definition) is 6. The highest BCUT2D eigenvalue weighted by Crippen LogP contribution is 2.18. The molecule has 1 unspecified atom stereocenters. The summed E-state index contributed by atoms with van der Waals surface area (Å²) < 4.78 is 15.8. The number of benzene rings is 1. The summed E-state index contributed by atoms with van der Waals surface area (Å²) in [5.41, 5.74) is 0.232. The van der Waals surface area contributed by atoms with Crippen molar-refractivity contribution < 1.29 is 28.6 Å². The molecule has 0 radical (unpaired) electrons. The first kappa shape index (κ1) is 23.3. The van der Waals surface area contributed by atoms with Crippen LogP contribution in [-0.4, -0.2) is 65.8 Å². The van der Waals surface area contributed by atoms with Gasteiger partial charge in [-0.1, -0.05) is 36.4 Å². The van der Waals surface area contributed by atoms with Crippen molar-refractivity contribution in [2.24, 2.45) is 0 Å². The molecule has 1 heterocycles. The van der Waals surface area contributed by atoms with Gasteiger partial charge in [0.25, 0.3) is 0 Å². The van der Waals surface area contributed by atoms with E-state index < -0.39 is 29.8 Å². The maximum absolute atomic E-state index is 12.6. The van der Waals surface area contributed by atoms with Gasteiger partial charge in [0.15, 0.2) is 0 Å². The van der Waals surface area contributed by atoms with Gasteiger partial charge in [0.05, 0.1) is 12.6 Å². The van der Waals surface area contributed by atoms with Crippen molar-refractivity contribution in [2.75, 3.05) is 26.2 Å². The SMILES string of the molecule is CCOC(=O)C=CC1CN(C(=O)OCc2ccccc2)CCN1C(=O)OC(C)(C)C. The molecule has 1 aromatic rings. The first-order valence-corrected chi connectivity index (χ1v) is 10.00. The number of piperazine rings is 1. The first-order chi connectivity index (χ1) is 14.2. The Morgan fingerprint density at radius 3 is 2.40 bits per heavy atom. The minimum Gasteiger partial charge on any atom is -0.463 e. The third-order valence-corrected chi connectivity index (χ3v) is 4.25. The molecule has 1 aliphatic heterocycles. The molecule has 1 aliphatic rings. The van der Waals surface area contributed by atoms with E-state index in [0.717, 1.165) is 5.56 Å². The summed E-state index contributed by atoms with van der Waals surface area (Å²) in [4.78, 5) is 39.9. The molecule has 0 bridgehead atoms. The summed E-state index contributed by atoms with van der Waals surface area (Å²) in [7, 11) is 0. The molecule has 164 valence electrons. The number of ether oxygens (including phenoxy) is 3. The number of rotatable bonds is 5. The summed E-state index contributed by atoms with van der Waals surface area (Å²) in [6, 6.07) is 8.85. The van der Waals surface area contributed by atoms with Gasteiger partial charge in [-0.2, -0.15) is 0 Å². The number of carbonyl (C=O) groups is 3. The van der Waals surface area contributed by atoms with Crippen LogP contribution in [0.1, 0.15) is 33.3 Å². The standard InChI is InChI=1S/C22H30N2O6/c1-5-28-19(25)12-11-18-15-23(13-14-24(18)21(27)30-22(2,3)4)20(26)29-16-17-9-7-6-8-10-17/h6-12,18H,5,13-16H2,1-4H3. The number of hydrogen-bond donors (Lipinski definition) is 0. The second-order valence-corrected chi connectivity index (χ2v) is 7.84. The average Bonchev–Trinajstić information content (AvgIpc) is 2.70. The molecule has 0 saturated carbocycles. The lowest BCUT2D eigenvalue weighted by Gasteiger charge is -2.40. The Labute approximate surface area is 177 Å². The van der Waals surface area contributed by atoms with Crippen molar-refractivity contribution in [3.63, 3.8) is 0 Å². The normalized spacial score (nSPS) is 17.0. The van der Waals surface area contributed by atoms with E-state index in [4.69, 9.17) is 14.2 Å². The van der Waals surface area contributed by atoms with Crippen LogP contribution in [0.4, 0.5) is 9.59 Å². The topological polar surface area (TPSA) is 85.4 Å². The Morgan fingerprint density at radius 2 is 1.77 bits per heavy atom. The maximum Gasteiger partial charge on any atom is 0.410 e. The van der Waals surface area contributed by atoms with Gasteiger partial charge >= 0.3 is 18.2 Å². The minimum atomic E-state index is -0.655. The van der Waals surface area contributed by atoms with Crippen molar-refractivity contribution in [1.82, 2.24) is 9.80 Å². The van der Waals surface area contributed by atoms with Crippen molar-refractivity contribution in [1.29, 1.82) is 0 Å². The molecule has 2 rings (SSSR count). The van der Waals surface area contributed by atoms with Gasteiger partial charge in [0.1, 0.15) is 12.2 Å². The summed E-state index contributed by atoms with van der Waals surface area (Å²) >= 11 is 0. The second kappa shape index (κ2) is 10.7. The van der Waals surface area contributed by atoms with Crippen molar-refractivity contribution >= 4 is 18.2 Å². The number of esters is 1. The van der Waals surface area contributed by atoms with Crippen LogP contribution in [0.15, 0.2) is 42.5 Å². The van der Waals surface area contributed by atoms with E-state index in [2.05, 4.69) is 0 Å². The lowest BCUT2D eigenvalue weighted by atomic mass is 10.1. The summed E-state index contributed by atoms with van der Waals surface area (Å²) in [6.07, 6.45) is 1.85. The highest BCUT2D eigenvalue weighted by molar-refractivity contribution is 5.82. The monoisotopic (exact) mass is 418 g/mol. The van der Waals surface area contributed by atoms with Crippen LogP contribution in [0.3, 0.4) is 0 Å². The third kappa shape index (κ3) is 7.42. The molecule has 1 fully saturated rings. The van der Waals surface area contributed by atoms with E-state index in [-0.39, 0.29) is 26.3 Å². The molecule has 8 nitrogen and oxygen atoms in total. The van der Waals surface area contributed by atoms with Gasteiger partial charge < -0.3 is 19.1 Å². The molecule has 8 heteroatoms. The highest BCUT2D eigenvalue weighted by Gasteiger charge is 2.34.